The van der Waals surface area contributed by atoms with Gasteiger partial charge in [0.25, 0.3) is 0 Å². The molecule has 104 valence electrons. The Morgan fingerprint density at radius 1 is 1.50 bits per heavy atom. The standard InChI is InChI=1S/C13H23NO4/c1-2-14-5-3-4-10(8-14)6-13-17-9-11(18-13)7-12(15)16/h10-11,13H,2-9H2,1H3,(H,15,16). The van der Waals surface area contributed by atoms with E-state index in [4.69, 9.17) is 14.6 Å². The molecular formula is C13H23NO4. The molecule has 0 spiro atoms. The first-order valence-corrected chi connectivity index (χ1v) is 6.88. The summed E-state index contributed by atoms with van der Waals surface area (Å²) >= 11 is 0. The van der Waals surface area contributed by atoms with Gasteiger partial charge in [0.05, 0.1) is 19.1 Å². The van der Waals surface area contributed by atoms with E-state index in [-0.39, 0.29) is 18.8 Å². The van der Waals surface area contributed by atoms with Crippen LogP contribution in [0.3, 0.4) is 0 Å². The molecule has 0 saturated carbocycles. The van der Waals surface area contributed by atoms with Crippen molar-refractivity contribution in [3.63, 3.8) is 0 Å². The molecule has 2 aliphatic rings. The quantitative estimate of drug-likeness (QED) is 0.805. The number of likely N-dealkylation sites (tertiary alicyclic amines) is 1. The smallest absolute Gasteiger partial charge is 0.306 e. The van der Waals surface area contributed by atoms with E-state index in [1.807, 2.05) is 0 Å². The van der Waals surface area contributed by atoms with Gasteiger partial charge in [-0.25, -0.2) is 0 Å². The van der Waals surface area contributed by atoms with Crippen LogP contribution in [0.5, 0.6) is 0 Å². The first-order chi connectivity index (χ1) is 8.67. The second-order valence-corrected chi connectivity index (χ2v) is 5.26. The SMILES string of the molecule is CCN1CCCC(CC2OCC(CC(=O)O)O2)C1. The fourth-order valence-corrected chi connectivity index (χ4v) is 2.84. The van der Waals surface area contributed by atoms with Gasteiger partial charge in [0.2, 0.25) is 0 Å². The molecule has 5 heteroatoms. The number of carbonyl (C=O) groups is 1. The average molecular weight is 257 g/mol. The van der Waals surface area contributed by atoms with Crippen LogP contribution in [0.1, 0.15) is 32.6 Å². The van der Waals surface area contributed by atoms with E-state index in [0.29, 0.717) is 12.5 Å². The van der Waals surface area contributed by atoms with Crippen molar-refractivity contribution < 1.29 is 19.4 Å². The number of carboxylic acid groups (broad SMARTS) is 1. The Labute approximate surface area is 108 Å². The largest absolute Gasteiger partial charge is 0.481 e. The van der Waals surface area contributed by atoms with Gasteiger partial charge in [-0.2, -0.15) is 0 Å². The van der Waals surface area contributed by atoms with Crippen molar-refractivity contribution in [2.24, 2.45) is 5.92 Å². The minimum Gasteiger partial charge on any atom is -0.481 e. The summed E-state index contributed by atoms with van der Waals surface area (Å²) in [6.07, 6.45) is 2.94. The summed E-state index contributed by atoms with van der Waals surface area (Å²) in [4.78, 5) is 13.0. The fourth-order valence-electron chi connectivity index (χ4n) is 2.84. The molecule has 0 bridgehead atoms. The average Bonchev–Trinajstić information content (AvgIpc) is 2.76. The molecular weight excluding hydrogens is 234 g/mol. The Kier molecular flexibility index (Phi) is 4.97. The maximum Gasteiger partial charge on any atom is 0.306 e. The van der Waals surface area contributed by atoms with E-state index in [9.17, 15) is 4.79 Å². The van der Waals surface area contributed by atoms with Gasteiger partial charge < -0.3 is 19.5 Å². The van der Waals surface area contributed by atoms with Gasteiger partial charge in [-0.1, -0.05) is 6.92 Å². The highest BCUT2D eigenvalue weighted by Crippen LogP contribution is 2.26. The lowest BCUT2D eigenvalue weighted by atomic mass is 9.94. The molecule has 0 radical (unpaired) electrons. The highest BCUT2D eigenvalue weighted by Gasteiger charge is 2.31. The molecule has 5 nitrogen and oxygen atoms in total. The predicted molar refractivity (Wildman–Crippen MR) is 66.3 cm³/mol. The maximum atomic E-state index is 10.6. The van der Waals surface area contributed by atoms with Crippen LogP contribution >= 0.6 is 0 Å². The first-order valence-electron chi connectivity index (χ1n) is 6.88. The number of nitrogens with zero attached hydrogens (tertiary/aromatic N) is 1. The molecule has 0 aromatic carbocycles. The number of ether oxygens (including phenoxy) is 2. The summed E-state index contributed by atoms with van der Waals surface area (Å²) in [6.45, 7) is 6.02. The topological polar surface area (TPSA) is 59.0 Å². The second-order valence-electron chi connectivity index (χ2n) is 5.26. The van der Waals surface area contributed by atoms with Gasteiger partial charge in [0.1, 0.15) is 0 Å². The number of rotatable bonds is 5. The van der Waals surface area contributed by atoms with Gasteiger partial charge in [-0.3, -0.25) is 4.79 Å². The Balaban J connectivity index is 1.72. The summed E-state index contributed by atoms with van der Waals surface area (Å²) in [5.74, 6) is -0.202. The molecule has 2 fully saturated rings. The summed E-state index contributed by atoms with van der Waals surface area (Å²) in [6, 6.07) is 0. The molecule has 0 aromatic heterocycles. The number of aliphatic carboxylic acids is 1. The van der Waals surface area contributed by atoms with Crippen molar-refractivity contribution in [3.8, 4) is 0 Å². The molecule has 1 N–H and O–H groups in total. The van der Waals surface area contributed by atoms with E-state index in [0.717, 1.165) is 19.5 Å². The minimum absolute atomic E-state index is 0.0439. The van der Waals surface area contributed by atoms with Crippen molar-refractivity contribution in [1.82, 2.24) is 4.90 Å². The molecule has 2 heterocycles. The van der Waals surface area contributed by atoms with Crippen molar-refractivity contribution in [1.29, 1.82) is 0 Å². The summed E-state index contributed by atoms with van der Waals surface area (Å²) in [5.41, 5.74) is 0. The van der Waals surface area contributed by atoms with Crippen LogP contribution in [-0.2, 0) is 14.3 Å². The van der Waals surface area contributed by atoms with E-state index < -0.39 is 5.97 Å². The number of hydrogen-bond donors (Lipinski definition) is 1. The lowest BCUT2D eigenvalue weighted by Crippen LogP contribution is -2.36. The van der Waals surface area contributed by atoms with Gasteiger partial charge >= 0.3 is 5.97 Å². The van der Waals surface area contributed by atoms with Gasteiger partial charge in [-0.05, 0) is 31.8 Å². The van der Waals surface area contributed by atoms with Crippen LogP contribution in [0.2, 0.25) is 0 Å². The molecule has 0 aromatic rings. The van der Waals surface area contributed by atoms with E-state index in [1.165, 1.54) is 19.4 Å². The van der Waals surface area contributed by atoms with Gasteiger partial charge in [0, 0.05) is 13.0 Å². The molecule has 3 atom stereocenters. The van der Waals surface area contributed by atoms with E-state index in [2.05, 4.69) is 11.8 Å². The van der Waals surface area contributed by atoms with Gasteiger partial charge in [0.15, 0.2) is 6.29 Å². The van der Waals surface area contributed by atoms with Crippen molar-refractivity contribution >= 4 is 5.97 Å². The van der Waals surface area contributed by atoms with Crippen LogP contribution in [0, 0.1) is 5.92 Å². The molecule has 2 rings (SSSR count). The third kappa shape index (κ3) is 3.93. The van der Waals surface area contributed by atoms with E-state index in [1.54, 1.807) is 0 Å². The highest BCUT2D eigenvalue weighted by atomic mass is 16.7. The van der Waals surface area contributed by atoms with Gasteiger partial charge in [-0.15, -0.1) is 0 Å². The lowest BCUT2D eigenvalue weighted by molar-refractivity contribution is -0.140. The van der Waals surface area contributed by atoms with Crippen LogP contribution < -0.4 is 0 Å². The summed E-state index contributed by atoms with van der Waals surface area (Å²) < 4.78 is 11.2. The van der Waals surface area contributed by atoms with Crippen LogP contribution in [0.25, 0.3) is 0 Å². The highest BCUT2D eigenvalue weighted by molar-refractivity contribution is 5.67. The van der Waals surface area contributed by atoms with Crippen LogP contribution in [0.15, 0.2) is 0 Å². The van der Waals surface area contributed by atoms with Crippen molar-refractivity contribution in [2.45, 2.75) is 45.0 Å². The number of hydrogen-bond acceptors (Lipinski definition) is 4. The Bertz CT molecular complexity index is 284. The normalized spacial score (nSPS) is 33.7. The maximum absolute atomic E-state index is 10.6. The Morgan fingerprint density at radius 2 is 2.33 bits per heavy atom. The third-order valence-electron chi connectivity index (χ3n) is 3.79. The lowest BCUT2D eigenvalue weighted by Gasteiger charge is -2.32. The van der Waals surface area contributed by atoms with Crippen molar-refractivity contribution in [3.05, 3.63) is 0 Å². The zero-order chi connectivity index (χ0) is 13.0. The molecule has 2 saturated heterocycles. The predicted octanol–water partition coefficient (Wildman–Crippen LogP) is 1.32. The Morgan fingerprint density at radius 3 is 3.06 bits per heavy atom. The second kappa shape index (κ2) is 6.50. The minimum atomic E-state index is -0.820. The van der Waals surface area contributed by atoms with Crippen molar-refractivity contribution in [2.75, 3.05) is 26.2 Å². The number of carboxylic acids is 1. The van der Waals surface area contributed by atoms with Crippen LogP contribution in [0.4, 0.5) is 0 Å². The molecule has 3 unspecified atom stereocenters. The zero-order valence-corrected chi connectivity index (χ0v) is 11.0. The molecule has 0 aliphatic carbocycles. The fraction of sp³-hybridized carbons (Fsp3) is 0.923. The van der Waals surface area contributed by atoms with Crippen LogP contribution in [-0.4, -0.2) is 54.6 Å². The summed E-state index contributed by atoms with van der Waals surface area (Å²) in [5, 5.41) is 8.71. The molecule has 2 aliphatic heterocycles. The zero-order valence-electron chi connectivity index (χ0n) is 11.0. The number of piperidine rings is 1. The molecule has 18 heavy (non-hydrogen) atoms. The monoisotopic (exact) mass is 257 g/mol. The first kappa shape index (κ1) is 13.8. The Hall–Kier alpha value is -0.650. The third-order valence-corrected chi connectivity index (χ3v) is 3.79. The summed E-state index contributed by atoms with van der Waals surface area (Å²) in [7, 11) is 0. The molecule has 0 amide bonds. The van der Waals surface area contributed by atoms with E-state index >= 15 is 0 Å².